The van der Waals surface area contributed by atoms with Gasteiger partial charge < -0.3 is 9.73 Å². The molecule has 0 aliphatic heterocycles. The third-order valence-corrected chi connectivity index (χ3v) is 2.78. The second-order valence-corrected chi connectivity index (χ2v) is 3.96. The number of hydrogen-bond donors (Lipinski definition) is 1. The van der Waals surface area contributed by atoms with Crippen LogP contribution in [0.15, 0.2) is 10.6 Å². The van der Waals surface area contributed by atoms with Crippen LogP contribution in [0.1, 0.15) is 50.2 Å². The van der Waals surface area contributed by atoms with E-state index in [4.69, 9.17) is 4.42 Å². The van der Waals surface area contributed by atoms with Gasteiger partial charge in [0.05, 0.1) is 12.7 Å². The second kappa shape index (κ2) is 4.60. The molecule has 1 fully saturated rings. The summed E-state index contributed by atoms with van der Waals surface area (Å²) in [6.45, 7) is 3.95. The van der Waals surface area contributed by atoms with Crippen LogP contribution in [0.4, 0.5) is 0 Å². The molecular formula is C11H18N2O. The van der Waals surface area contributed by atoms with E-state index >= 15 is 0 Å². The highest BCUT2D eigenvalue weighted by Crippen LogP contribution is 2.36. The maximum absolute atomic E-state index is 5.66. The second-order valence-electron chi connectivity index (χ2n) is 3.96. The fourth-order valence-electron chi connectivity index (χ4n) is 1.66. The van der Waals surface area contributed by atoms with E-state index in [0.29, 0.717) is 5.92 Å². The summed E-state index contributed by atoms with van der Waals surface area (Å²) in [6, 6.07) is 0. The first-order valence-corrected chi connectivity index (χ1v) is 5.55. The fourth-order valence-corrected chi connectivity index (χ4v) is 1.66. The number of aromatic nitrogens is 1. The van der Waals surface area contributed by atoms with Gasteiger partial charge in [0.1, 0.15) is 5.76 Å². The summed E-state index contributed by atoms with van der Waals surface area (Å²) in [4.78, 5) is 4.26. The summed E-state index contributed by atoms with van der Waals surface area (Å²) >= 11 is 0. The normalized spacial score (nSPS) is 16.9. The molecule has 0 bridgehead atoms. The lowest BCUT2D eigenvalue weighted by Crippen LogP contribution is -2.13. The first-order valence-electron chi connectivity index (χ1n) is 5.55. The van der Waals surface area contributed by atoms with E-state index in [1.165, 1.54) is 19.3 Å². The smallest absolute Gasteiger partial charge is 0.208 e. The van der Waals surface area contributed by atoms with Crippen molar-refractivity contribution in [2.75, 3.05) is 6.54 Å². The number of rotatable bonds is 5. The predicted molar refractivity (Wildman–Crippen MR) is 55.1 cm³/mol. The van der Waals surface area contributed by atoms with Crippen molar-refractivity contribution in [3.63, 3.8) is 0 Å². The van der Waals surface area contributed by atoms with Gasteiger partial charge in [0.25, 0.3) is 0 Å². The van der Waals surface area contributed by atoms with Crippen LogP contribution in [0.3, 0.4) is 0 Å². The molecule has 1 heterocycles. The minimum Gasteiger partial charge on any atom is -0.444 e. The molecule has 1 saturated carbocycles. The lowest BCUT2D eigenvalue weighted by Gasteiger charge is -2.22. The fraction of sp³-hybridized carbons (Fsp3) is 0.727. The maximum atomic E-state index is 5.66. The first-order chi connectivity index (χ1) is 6.90. The van der Waals surface area contributed by atoms with Gasteiger partial charge in [-0.05, 0) is 25.8 Å². The number of nitrogens with zero attached hydrogens (tertiary/aromatic N) is 1. The Morgan fingerprint density at radius 3 is 3.07 bits per heavy atom. The van der Waals surface area contributed by atoms with E-state index in [1.807, 2.05) is 6.20 Å². The van der Waals surface area contributed by atoms with Crippen molar-refractivity contribution in [1.82, 2.24) is 10.3 Å². The van der Waals surface area contributed by atoms with E-state index < -0.39 is 0 Å². The maximum Gasteiger partial charge on any atom is 0.208 e. The highest BCUT2D eigenvalue weighted by atomic mass is 16.4. The largest absolute Gasteiger partial charge is 0.444 e. The summed E-state index contributed by atoms with van der Waals surface area (Å²) in [5, 5.41) is 3.28. The molecular weight excluding hydrogens is 176 g/mol. The Morgan fingerprint density at radius 1 is 1.57 bits per heavy atom. The van der Waals surface area contributed by atoms with E-state index in [0.717, 1.165) is 31.2 Å². The minimum absolute atomic E-state index is 0.655. The molecule has 14 heavy (non-hydrogen) atoms. The predicted octanol–water partition coefficient (Wildman–Crippen LogP) is 2.44. The molecule has 1 aliphatic carbocycles. The van der Waals surface area contributed by atoms with Crippen molar-refractivity contribution in [2.45, 2.75) is 45.1 Å². The van der Waals surface area contributed by atoms with Gasteiger partial charge in [-0.25, -0.2) is 4.98 Å². The van der Waals surface area contributed by atoms with Crippen molar-refractivity contribution in [2.24, 2.45) is 0 Å². The molecule has 0 spiro atoms. The summed E-state index contributed by atoms with van der Waals surface area (Å²) < 4.78 is 5.66. The number of hydrogen-bond acceptors (Lipinski definition) is 3. The van der Waals surface area contributed by atoms with Crippen LogP contribution < -0.4 is 5.32 Å². The van der Waals surface area contributed by atoms with Gasteiger partial charge in [-0.15, -0.1) is 0 Å². The average molecular weight is 194 g/mol. The molecule has 1 aromatic rings. The molecule has 0 unspecified atom stereocenters. The minimum atomic E-state index is 0.655. The van der Waals surface area contributed by atoms with E-state index in [-0.39, 0.29) is 0 Å². The molecule has 78 valence electrons. The molecule has 0 aromatic carbocycles. The summed E-state index contributed by atoms with van der Waals surface area (Å²) in [5.74, 6) is 2.58. The quantitative estimate of drug-likeness (QED) is 0.732. The topological polar surface area (TPSA) is 38.1 Å². The Morgan fingerprint density at radius 2 is 2.43 bits per heavy atom. The van der Waals surface area contributed by atoms with Crippen LogP contribution in [0.2, 0.25) is 0 Å². The Balaban J connectivity index is 1.83. The van der Waals surface area contributed by atoms with Crippen LogP contribution in [0.5, 0.6) is 0 Å². The third kappa shape index (κ3) is 2.15. The molecule has 3 nitrogen and oxygen atoms in total. The van der Waals surface area contributed by atoms with Crippen molar-refractivity contribution in [1.29, 1.82) is 0 Å². The van der Waals surface area contributed by atoms with Crippen LogP contribution in [-0.4, -0.2) is 11.5 Å². The van der Waals surface area contributed by atoms with Crippen molar-refractivity contribution >= 4 is 0 Å². The van der Waals surface area contributed by atoms with E-state index in [1.54, 1.807) is 0 Å². The van der Waals surface area contributed by atoms with Crippen LogP contribution in [-0.2, 0) is 6.54 Å². The van der Waals surface area contributed by atoms with Gasteiger partial charge in [-0.1, -0.05) is 13.3 Å². The van der Waals surface area contributed by atoms with Crippen LogP contribution in [0.25, 0.3) is 0 Å². The molecule has 0 radical (unpaired) electrons. The number of nitrogens with one attached hydrogen (secondary N) is 1. The molecule has 1 N–H and O–H groups in total. The Labute approximate surface area is 84.9 Å². The first kappa shape index (κ1) is 9.71. The van der Waals surface area contributed by atoms with Gasteiger partial charge in [-0.3, -0.25) is 0 Å². The Kier molecular flexibility index (Phi) is 3.19. The lowest BCUT2D eigenvalue weighted by molar-refractivity contribution is 0.330. The Bertz CT molecular complexity index is 279. The van der Waals surface area contributed by atoms with Gasteiger partial charge in [0.2, 0.25) is 5.89 Å². The standard InChI is InChI=1S/C11H18N2O/c1-2-6-12-8-11-13-7-10(14-11)9-4-3-5-9/h7,9,12H,2-6,8H2,1H3. The van der Waals surface area contributed by atoms with Crippen molar-refractivity contribution in [3.05, 3.63) is 17.8 Å². The molecule has 1 aromatic heterocycles. The molecule has 3 heteroatoms. The number of oxazole rings is 1. The molecule has 0 atom stereocenters. The molecule has 0 saturated heterocycles. The van der Waals surface area contributed by atoms with Crippen molar-refractivity contribution in [3.8, 4) is 0 Å². The zero-order valence-corrected chi connectivity index (χ0v) is 8.75. The SMILES string of the molecule is CCCNCc1ncc(C2CCC2)o1. The lowest BCUT2D eigenvalue weighted by atomic mass is 9.84. The monoisotopic (exact) mass is 194 g/mol. The van der Waals surface area contributed by atoms with Gasteiger partial charge in [-0.2, -0.15) is 0 Å². The van der Waals surface area contributed by atoms with E-state index in [2.05, 4.69) is 17.2 Å². The zero-order chi connectivity index (χ0) is 9.80. The van der Waals surface area contributed by atoms with E-state index in [9.17, 15) is 0 Å². The summed E-state index contributed by atoms with van der Waals surface area (Å²) in [6.07, 6.45) is 6.94. The van der Waals surface area contributed by atoms with Gasteiger partial charge >= 0.3 is 0 Å². The van der Waals surface area contributed by atoms with Crippen molar-refractivity contribution < 1.29 is 4.42 Å². The molecule has 2 rings (SSSR count). The zero-order valence-electron chi connectivity index (χ0n) is 8.75. The highest BCUT2D eigenvalue weighted by molar-refractivity contribution is 5.05. The average Bonchev–Trinajstić information content (AvgIpc) is 2.51. The van der Waals surface area contributed by atoms with Gasteiger partial charge in [0, 0.05) is 5.92 Å². The van der Waals surface area contributed by atoms with Crippen LogP contribution >= 0.6 is 0 Å². The molecule has 0 amide bonds. The molecule has 1 aliphatic rings. The summed E-state index contributed by atoms with van der Waals surface area (Å²) in [5.41, 5.74) is 0. The summed E-state index contributed by atoms with van der Waals surface area (Å²) in [7, 11) is 0. The van der Waals surface area contributed by atoms with Gasteiger partial charge in [0.15, 0.2) is 0 Å². The third-order valence-electron chi connectivity index (χ3n) is 2.78. The Hall–Kier alpha value is -0.830. The van der Waals surface area contributed by atoms with Crippen LogP contribution in [0, 0.1) is 0 Å². The highest BCUT2D eigenvalue weighted by Gasteiger charge is 2.23.